The molecule has 2 aromatic rings. The summed E-state index contributed by atoms with van der Waals surface area (Å²) in [6, 6.07) is 22.1. The third kappa shape index (κ3) is 3.24. The van der Waals surface area contributed by atoms with E-state index < -0.39 is 0 Å². The summed E-state index contributed by atoms with van der Waals surface area (Å²) in [6.07, 6.45) is 1.20. The standard InChI is InChI=1S/C18H24N/c1-4-15-19(2,3)18(16-11-7-5-8-12-16)17-13-9-6-10-14-17/h5-14,18H,4,15H2,1-3H3/q+1. The molecule has 0 spiro atoms. The van der Waals surface area contributed by atoms with E-state index in [1.54, 1.807) is 0 Å². The molecule has 0 bridgehead atoms. The molecule has 0 N–H and O–H groups in total. The Morgan fingerprint density at radius 1 is 0.789 bits per heavy atom. The fraction of sp³-hybridized carbons (Fsp3) is 0.333. The van der Waals surface area contributed by atoms with Crippen LogP contribution in [0.2, 0.25) is 0 Å². The summed E-state index contributed by atoms with van der Waals surface area (Å²) in [5.74, 6) is 0. The van der Waals surface area contributed by atoms with Crippen molar-refractivity contribution in [1.82, 2.24) is 0 Å². The largest absolute Gasteiger partial charge is 0.319 e. The van der Waals surface area contributed by atoms with Crippen LogP contribution in [0.1, 0.15) is 30.5 Å². The Labute approximate surface area is 117 Å². The van der Waals surface area contributed by atoms with E-state index in [0.29, 0.717) is 6.04 Å². The molecule has 0 fully saturated rings. The van der Waals surface area contributed by atoms with Crippen molar-refractivity contribution in [1.29, 1.82) is 0 Å². The zero-order chi connectivity index (χ0) is 13.7. The average molecular weight is 254 g/mol. The number of quaternary nitrogens is 1. The minimum atomic E-state index is 0.405. The molecule has 0 radical (unpaired) electrons. The van der Waals surface area contributed by atoms with Crippen LogP contribution in [0.15, 0.2) is 60.7 Å². The predicted octanol–water partition coefficient (Wildman–Crippen LogP) is 4.26. The van der Waals surface area contributed by atoms with E-state index in [1.165, 1.54) is 24.1 Å². The van der Waals surface area contributed by atoms with Gasteiger partial charge in [0.25, 0.3) is 0 Å². The number of rotatable bonds is 5. The van der Waals surface area contributed by atoms with Gasteiger partial charge in [-0.2, -0.15) is 0 Å². The van der Waals surface area contributed by atoms with E-state index in [9.17, 15) is 0 Å². The Hall–Kier alpha value is -1.60. The van der Waals surface area contributed by atoms with Crippen LogP contribution in [0.25, 0.3) is 0 Å². The number of hydrogen-bond donors (Lipinski definition) is 0. The monoisotopic (exact) mass is 254 g/mol. The summed E-state index contributed by atoms with van der Waals surface area (Å²) in [7, 11) is 4.66. The molecule has 0 aliphatic carbocycles. The smallest absolute Gasteiger partial charge is 0.140 e. The lowest BCUT2D eigenvalue weighted by molar-refractivity contribution is -0.915. The summed E-state index contributed by atoms with van der Waals surface area (Å²) in [4.78, 5) is 0. The quantitative estimate of drug-likeness (QED) is 0.699. The average Bonchev–Trinajstić information content (AvgIpc) is 2.41. The summed E-state index contributed by atoms with van der Waals surface area (Å²) >= 11 is 0. The van der Waals surface area contributed by atoms with Crippen molar-refractivity contribution in [3.8, 4) is 0 Å². The molecular weight excluding hydrogens is 230 g/mol. The van der Waals surface area contributed by atoms with Gasteiger partial charge >= 0.3 is 0 Å². The Kier molecular flexibility index (Phi) is 4.39. The van der Waals surface area contributed by atoms with Crippen molar-refractivity contribution in [3.63, 3.8) is 0 Å². The topological polar surface area (TPSA) is 0 Å². The van der Waals surface area contributed by atoms with Gasteiger partial charge in [-0.15, -0.1) is 0 Å². The van der Waals surface area contributed by atoms with E-state index in [-0.39, 0.29) is 0 Å². The first-order valence-electron chi connectivity index (χ1n) is 7.07. The third-order valence-electron chi connectivity index (χ3n) is 3.73. The molecule has 0 aliphatic rings. The SMILES string of the molecule is CCC[N+](C)(C)C(c1ccccc1)c1ccccc1. The highest BCUT2D eigenvalue weighted by atomic mass is 15.3. The second-order valence-electron chi connectivity index (χ2n) is 5.73. The van der Waals surface area contributed by atoms with Crippen LogP contribution in [0, 0.1) is 0 Å². The Morgan fingerprint density at radius 2 is 1.21 bits per heavy atom. The van der Waals surface area contributed by atoms with Gasteiger partial charge in [-0.25, -0.2) is 0 Å². The maximum atomic E-state index is 2.33. The first-order chi connectivity index (χ1) is 9.15. The molecule has 2 rings (SSSR count). The number of hydrogen-bond acceptors (Lipinski definition) is 0. The van der Waals surface area contributed by atoms with Gasteiger partial charge in [-0.1, -0.05) is 67.6 Å². The maximum Gasteiger partial charge on any atom is 0.140 e. The second kappa shape index (κ2) is 6.03. The molecule has 0 atom stereocenters. The van der Waals surface area contributed by atoms with Gasteiger partial charge in [0.15, 0.2) is 0 Å². The van der Waals surface area contributed by atoms with Gasteiger partial charge < -0.3 is 4.48 Å². The Bertz CT molecular complexity index is 448. The fourth-order valence-corrected chi connectivity index (χ4v) is 2.98. The van der Waals surface area contributed by atoms with Crippen LogP contribution in [-0.4, -0.2) is 25.1 Å². The van der Waals surface area contributed by atoms with Crippen LogP contribution in [-0.2, 0) is 0 Å². The summed E-state index contributed by atoms with van der Waals surface area (Å²) in [5.41, 5.74) is 2.79. The van der Waals surface area contributed by atoms with Crippen LogP contribution >= 0.6 is 0 Å². The summed E-state index contributed by atoms with van der Waals surface area (Å²) in [5, 5.41) is 0. The van der Waals surface area contributed by atoms with Crippen molar-refractivity contribution in [2.24, 2.45) is 0 Å². The van der Waals surface area contributed by atoms with Crippen molar-refractivity contribution in [2.45, 2.75) is 19.4 Å². The van der Waals surface area contributed by atoms with Gasteiger partial charge in [-0.05, 0) is 6.42 Å². The molecule has 0 amide bonds. The molecule has 0 saturated carbocycles. The molecule has 19 heavy (non-hydrogen) atoms. The van der Waals surface area contributed by atoms with Crippen molar-refractivity contribution < 1.29 is 4.48 Å². The van der Waals surface area contributed by atoms with Gasteiger partial charge in [0, 0.05) is 11.1 Å². The first-order valence-corrected chi connectivity index (χ1v) is 7.07. The van der Waals surface area contributed by atoms with Gasteiger partial charge in [0.1, 0.15) is 6.04 Å². The minimum Gasteiger partial charge on any atom is -0.319 e. The zero-order valence-corrected chi connectivity index (χ0v) is 12.2. The van der Waals surface area contributed by atoms with Crippen LogP contribution in [0.3, 0.4) is 0 Å². The second-order valence-corrected chi connectivity index (χ2v) is 5.73. The highest BCUT2D eigenvalue weighted by molar-refractivity contribution is 5.29. The van der Waals surface area contributed by atoms with E-state index in [0.717, 1.165) is 4.48 Å². The van der Waals surface area contributed by atoms with Crippen LogP contribution < -0.4 is 0 Å². The Morgan fingerprint density at radius 3 is 1.58 bits per heavy atom. The fourth-order valence-electron chi connectivity index (χ4n) is 2.98. The van der Waals surface area contributed by atoms with E-state index in [2.05, 4.69) is 81.7 Å². The molecule has 0 saturated heterocycles. The molecular formula is C18H24N+. The molecule has 0 aromatic heterocycles. The number of nitrogens with zero attached hydrogens (tertiary/aromatic N) is 1. The van der Waals surface area contributed by atoms with Crippen LogP contribution in [0.4, 0.5) is 0 Å². The normalized spacial score (nSPS) is 11.8. The van der Waals surface area contributed by atoms with Crippen molar-refractivity contribution in [3.05, 3.63) is 71.8 Å². The van der Waals surface area contributed by atoms with Crippen LogP contribution in [0.5, 0.6) is 0 Å². The highest BCUT2D eigenvalue weighted by Crippen LogP contribution is 2.32. The van der Waals surface area contributed by atoms with E-state index >= 15 is 0 Å². The van der Waals surface area contributed by atoms with Gasteiger partial charge in [-0.3, -0.25) is 0 Å². The summed E-state index contributed by atoms with van der Waals surface area (Å²) < 4.78 is 0.991. The van der Waals surface area contributed by atoms with Crippen molar-refractivity contribution >= 4 is 0 Å². The zero-order valence-electron chi connectivity index (χ0n) is 12.2. The highest BCUT2D eigenvalue weighted by Gasteiger charge is 2.30. The maximum absolute atomic E-state index is 2.33. The molecule has 1 heteroatoms. The van der Waals surface area contributed by atoms with Gasteiger partial charge in [0.2, 0.25) is 0 Å². The minimum absolute atomic E-state index is 0.405. The van der Waals surface area contributed by atoms with Gasteiger partial charge in [0.05, 0.1) is 20.6 Å². The molecule has 2 aromatic carbocycles. The van der Waals surface area contributed by atoms with Crippen molar-refractivity contribution in [2.75, 3.05) is 20.6 Å². The number of benzene rings is 2. The Balaban J connectivity index is 2.46. The molecule has 100 valence electrons. The lowest BCUT2D eigenvalue weighted by atomic mass is 9.95. The first kappa shape index (κ1) is 13.8. The lowest BCUT2D eigenvalue weighted by Gasteiger charge is -2.38. The lowest BCUT2D eigenvalue weighted by Crippen LogP contribution is -2.44. The predicted molar refractivity (Wildman–Crippen MR) is 82.0 cm³/mol. The molecule has 0 heterocycles. The molecule has 1 nitrogen and oxygen atoms in total. The molecule has 0 unspecified atom stereocenters. The third-order valence-corrected chi connectivity index (χ3v) is 3.73. The van der Waals surface area contributed by atoms with E-state index in [4.69, 9.17) is 0 Å². The van der Waals surface area contributed by atoms with E-state index in [1.807, 2.05) is 0 Å². The molecule has 0 aliphatic heterocycles. The summed E-state index contributed by atoms with van der Waals surface area (Å²) in [6.45, 7) is 3.43.